The third-order valence-corrected chi connectivity index (χ3v) is 4.50. The number of alkyl halides is 1. The van der Waals surface area contributed by atoms with E-state index in [1.165, 1.54) is 6.26 Å². The molecular weight excluding hydrogens is 323 g/mol. The van der Waals surface area contributed by atoms with E-state index in [1.807, 2.05) is 0 Å². The van der Waals surface area contributed by atoms with E-state index < -0.39 is 9.84 Å². The molecule has 0 radical (unpaired) electrons. The van der Waals surface area contributed by atoms with E-state index in [9.17, 15) is 8.42 Å². The van der Waals surface area contributed by atoms with E-state index >= 15 is 0 Å². The number of hydrogen-bond acceptors (Lipinski definition) is 2. The first-order valence-corrected chi connectivity index (χ1v) is 7.79. The first kappa shape index (κ1) is 13.3. The first-order chi connectivity index (χ1) is 6.79. The smallest absolute Gasteiger partial charge is 0.148 e. The highest BCUT2D eigenvalue weighted by Crippen LogP contribution is 2.32. The summed E-state index contributed by atoms with van der Waals surface area (Å²) >= 11 is 15.0. The van der Waals surface area contributed by atoms with Crippen molar-refractivity contribution in [2.24, 2.45) is 0 Å². The van der Waals surface area contributed by atoms with Crippen LogP contribution in [-0.4, -0.2) is 20.4 Å². The summed E-state index contributed by atoms with van der Waals surface area (Å²) in [5.41, 5.74) is 0.728. The van der Waals surface area contributed by atoms with Gasteiger partial charge in [0.05, 0.1) is 10.6 Å². The maximum Gasteiger partial charge on any atom is 0.148 e. The fourth-order valence-electron chi connectivity index (χ4n) is 1.11. The molecule has 0 fully saturated rings. The van der Waals surface area contributed by atoms with Crippen molar-refractivity contribution in [1.29, 1.82) is 0 Å². The van der Waals surface area contributed by atoms with E-state index in [2.05, 4.69) is 15.9 Å². The fraction of sp³-hybridized carbons (Fsp3) is 0.333. The van der Waals surface area contributed by atoms with Crippen LogP contribution in [0.4, 0.5) is 0 Å². The SMILES string of the molecule is CS(=O)(=O)CC(Br)c1ccc(Cl)cc1Cl. The quantitative estimate of drug-likeness (QED) is 0.795. The van der Waals surface area contributed by atoms with Crippen molar-refractivity contribution >= 4 is 49.0 Å². The Morgan fingerprint density at radius 2 is 2.00 bits per heavy atom. The van der Waals surface area contributed by atoms with Gasteiger partial charge in [0, 0.05) is 16.3 Å². The summed E-state index contributed by atoms with van der Waals surface area (Å²) in [6, 6.07) is 4.99. The van der Waals surface area contributed by atoms with E-state index in [1.54, 1.807) is 18.2 Å². The molecule has 0 spiro atoms. The minimum absolute atomic E-state index is 0.00829. The highest BCUT2D eigenvalue weighted by atomic mass is 79.9. The lowest BCUT2D eigenvalue weighted by molar-refractivity contribution is 0.601. The van der Waals surface area contributed by atoms with Gasteiger partial charge in [-0.1, -0.05) is 45.2 Å². The zero-order chi connectivity index (χ0) is 11.6. The highest BCUT2D eigenvalue weighted by Gasteiger charge is 2.16. The molecule has 1 aromatic carbocycles. The summed E-state index contributed by atoms with van der Waals surface area (Å²) < 4.78 is 22.2. The van der Waals surface area contributed by atoms with Gasteiger partial charge in [-0.3, -0.25) is 0 Å². The molecule has 1 atom stereocenters. The molecule has 0 N–H and O–H groups in total. The average Bonchev–Trinajstić information content (AvgIpc) is 1.99. The first-order valence-electron chi connectivity index (χ1n) is 4.06. The summed E-state index contributed by atoms with van der Waals surface area (Å²) in [6.45, 7) is 0. The Balaban J connectivity index is 2.97. The summed E-state index contributed by atoms with van der Waals surface area (Å²) in [6.07, 6.45) is 1.19. The standard InChI is InChI=1S/C9H9BrCl2O2S/c1-15(13,14)5-8(10)7-3-2-6(11)4-9(7)12/h2-4,8H,5H2,1H3. The zero-order valence-electron chi connectivity index (χ0n) is 7.88. The Morgan fingerprint density at radius 3 is 2.47 bits per heavy atom. The van der Waals surface area contributed by atoms with Crippen LogP contribution >= 0.6 is 39.1 Å². The van der Waals surface area contributed by atoms with E-state index in [0.717, 1.165) is 5.56 Å². The van der Waals surface area contributed by atoms with Gasteiger partial charge >= 0.3 is 0 Å². The van der Waals surface area contributed by atoms with Crippen molar-refractivity contribution in [2.45, 2.75) is 4.83 Å². The number of halogens is 3. The molecule has 0 saturated heterocycles. The van der Waals surface area contributed by atoms with E-state index in [-0.39, 0.29) is 10.6 Å². The molecule has 0 saturated carbocycles. The van der Waals surface area contributed by atoms with Gasteiger partial charge in [-0.2, -0.15) is 0 Å². The maximum absolute atomic E-state index is 11.1. The van der Waals surface area contributed by atoms with Crippen LogP contribution in [0.2, 0.25) is 10.0 Å². The molecule has 0 amide bonds. The van der Waals surface area contributed by atoms with Crippen LogP contribution in [0.5, 0.6) is 0 Å². The Hall–Kier alpha value is 0.230. The molecule has 1 unspecified atom stereocenters. The van der Waals surface area contributed by atoms with Crippen LogP contribution in [0, 0.1) is 0 Å². The lowest BCUT2D eigenvalue weighted by Crippen LogP contribution is -2.08. The predicted molar refractivity (Wildman–Crippen MR) is 67.8 cm³/mol. The molecule has 2 nitrogen and oxygen atoms in total. The van der Waals surface area contributed by atoms with Crippen LogP contribution in [0.1, 0.15) is 10.4 Å². The fourth-order valence-corrected chi connectivity index (χ4v) is 4.33. The van der Waals surface area contributed by atoms with E-state index in [4.69, 9.17) is 23.2 Å². The monoisotopic (exact) mass is 330 g/mol. The van der Waals surface area contributed by atoms with Gasteiger partial charge in [0.2, 0.25) is 0 Å². The topological polar surface area (TPSA) is 34.1 Å². The highest BCUT2D eigenvalue weighted by molar-refractivity contribution is 9.09. The molecule has 0 aliphatic carbocycles. The molecule has 1 rings (SSSR count). The molecule has 0 aliphatic heterocycles. The van der Waals surface area contributed by atoms with Gasteiger partial charge in [-0.05, 0) is 17.7 Å². The van der Waals surface area contributed by atoms with Crippen molar-refractivity contribution in [1.82, 2.24) is 0 Å². The molecule has 0 heterocycles. The van der Waals surface area contributed by atoms with Crippen LogP contribution in [0.25, 0.3) is 0 Å². The van der Waals surface area contributed by atoms with Crippen molar-refractivity contribution in [2.75, 3.05) is 12.0 Å². The van der Waals surface area contributed by atoms with Gasteiger partial charge in [-0.25, -0.2) is 8.42 Å². The van der Waals surface area contributed by atoms with Crippen LogP contribution in [0.3, 0.4) is 0 Å². The Kier molecular flexibility index (Phi) is 4.47. The predicted octanol–water partition coefficient (Wildman–Crippen LogP) is 3.47. The van der Waals surface area contributed by atoms with Crippen molar-refractivity contribution in [3.8, 4) is 0 Å². The molecule has 84 valence electrons. The van der Waals surface area contributed by atoms with Crippen LogP contribution < -0.4 is 0 Å². The largest absolute Gasteiger partial charge is 0.229 e. The Bertz CT molecular complexity index is 459. The van der Waals surface area contributed by atoms with E-state index in [0.29, 0.717) is 10.0 Å². The van der Waals surface area contributed by atoms with Gasteiger partial charge in [0.25, 0.3) is 0 Å². The molecule has 1 aromatic rings. The minimum Gasteiger partial charge on any atom is -0.229 e. The molecule has 0 aromatic heterocycles. The van der Waals surface area contributed by atoms with Crippen LogP contribution in [-0.2, 0) is 9.84 Å². The summed E-state index contributed by atoms with van der Waals surface area (Å²) in [5, 5.41) is 0.996. The van der Waals surface area contributed by atoms with Gasteiger partial charge < -0.3 is 0 Å². The second kappa shape index (κ2) is 5.04. The Labute approximate surface area is 108 Å². The molecule has 6 heteroatoms. The number of sulfone groups is 1. The zero-order valence-corrected chi connectivity index (χ0v) is 11.8. The second-order valence-corrected chi connectivity index (χ2v) is 7.36. The summed E-state index contributed by atoms with van der Waals surface area (Å²) in [5.74, 6) is 0.00829. The van der Waals surface area contributed by atoms with Crippen LogP contribution in [0.15, 0.2) is 18.2 Å². The molecule has 0 aliphatic rings. The second-order valence-electron chi connectivity index (χ2n) is 3.23. The van der Waals surface area contributed by atoms with Crippen molar-refractivity contribution in [3.63, 3.8) is 0 Å². The van der Waals surface area contributed by atoms with Gasteiger partial charge in [-0.15, -0.1) is 0 Å². The number of hydrogen-bond donors (Lipinski definition) is 0. The minimum atomic E-state index is -3.04. The lowest BCUT2D eigenvalue weighted by atomic mass is 10.2. The summed E-state index contributed by atoms with van der Waals surface area (Å²) in [7, 11) is -3.04. The number of rotatable bonds is 3. The average molecular weight is 332 g/mol. The molecule has 0 bridgehead atoms. The number of benzene rings is 1. The summed E-state index contributed by atoms with van der Waals surface area (Å²) in [4.78, 5) is -0.308. The van der Waals surface area contributed by atoms with Crippen molar-refractivity contribution < 1.29 is 8.42 Å². The third kappa shape index (κ3) is 4.31. The van der Waals surface area contributed by atoms with Crippen molar-refractivity contribution in [3.05, 3.63) is 33.8 Å². The van der Waals surface area contributed by atoms with Gasteiger partial charge in [0.15, 0.2) is 0 Å². The molecule has 15 heavy (non-hydrogen) atoms. The normalized spacial score (nSPS) is 13.9. The Morgan fingerprint density at radius 1 is 1.40 bits per heavy atom. The van der Waals surface area contributed by atoms with Gasteiger partial charge in [0.1, 0.15) is 9.84 Å². The maximum atomic E-state index is 11.1. The lowest BCUT2D eigenvalue weighted by Gasteiger charge is -2.10. The molecular formula is C9H9BrCl2O2S. The third-order valence-electron chi connectivity index (χ3n) is 1.75.